The molecule has 1 amide bonds. The lowest BCUT2D eigenvalue weighted by Crippen LogP contribution is -2.51. The van der Waals surface area contributed by atoms with Gasteiger partial charge in [-0.1, -0.05) is 30.3 Å². The molecule has 9 nitrogen and oxygen atoms in total. The monoisotopic (exact) mass is 493 g/mol. The molecule has 36 heavy (non-hydrogen) atoms. The Bertz CT molecular complexity index is 1160. The highest BCUT2D eigenvalue weighted by Gasteiger charge is 2.32. The average Bonchev–Trinajstić information content (AvgIpc) is 3.27. The first-order chi connectivity index (χ1) is 17.4. The van der Waals surface area contributed by atoms with Crippen LogP contribution >= 0.6 is 0 Å². The van der Waals surface area contributed by atoms with Crippen LogP contribution in [-0.2, 0) is 16.2 Å². The molecule has 1 saturated heterocycles. The number of aliphatic carboxylic acids is 1. The van der Waals surface area contributed by atoms with Crippen molar-refractivity contribution in [3.63, 3.8) is 0 Å². The summed E-state index contributed by atoms with van der Waals surface area (Å²) in [6.45, 7) is 4.65. The van der Waals surface area contributed by atoms with Crippen molar-refractivity contribution in [2.75, 3.05) is 59.9 Å². The number of carboxylic acids is 1. The second kappa shape index (κ2) is 12.0. The molecule has 0 saturated carbocycles. The van der Waals surface area contributed by atoms with Gasteiger partial charge in [0.1, 0.15) is 18.4 Å². The molecule has 1 fully saturated rings. The number of benzene rings is 2. The van der Waals surface area contributed by atoms with Crippen molar-refractivity contribution in [3.05, 3.63) is 65.9 Å². The quantitative estimate of drug-likeness (QED) is 0.376. The standard InChI is InChI=1S/C27H35N5O4/c1-30(2)11-10-28-25(33)18-31-12-14-32(15-13-31)26(27(34)35)23-17-29-24-16-21(8-9-22(23)24)36-19-20-6-4-3-5-7-20/h3-9,16-17,26,29H,10-15,18-19H2,1-2H3,(H,28,33)(H,34,35). The third kappa shape index (κ3) is 6.63. The number of hydrogen-bond donors (Lipinski definition) is 3. The molecule has 4 rings (SSSR count). The van der Waals surface area contributed by atoms with Crippen LogP contribution in [0.25, 0.3) is 10.9 Å². The summed E-state index contributed by atoms with van der Waals surface area (Å²) in [6.07, 6.45) is 1.79. The minimum Gasteiger partial charge on any atom is -0.489 e. The van der Waals surface area contributed by atoms with E-state index in [0.717, 1.165) is 34.3 Å². The van der Waals surface area contributed by atoms with Crippen LogP contribution in [0.4, 0.5) is 0 Å². The van der Waals surface area contributed by atoms with Crippen molar-refractivity contribution in [3.8, 4) is 5.75 Å². The van der Waals surface area contributed by atoms with E-state index >= 15 is 0 Å². The Balaban J connectivity index is 1.37. The molecule has 1 aromatic heterocycles. The molecule has 0 spiro atoms. The van der Waals surface area contributed by atoms with Gasteiger partial charge in [0.25, 0.3) is 0 Å². The Morgan fingerprint density at radius 1 is 1.11 bits per heavy atom. The molecular formula is C27H35N5O4. The molecule has 2 heterocycles. The van der Waals surface area contributed by atoms with Gasteiger partial charge in [0, 0.05) is 68.0 Å². The lowest BCUT2D eigenvalue weighted by Gasteiger charge is -2.37. The van der Waals surface area contributed by atoms with E-state index in [4.69, 9.17) is 4.74 Å². The number of fused-ring (bicyclic) bond motifs is 1. The van der Waals surface area contributed by atoms with Gasteiger partial charge in [0.2, 0.25) is 5.91 Å². The summed E-state index contributed by atoms with van der Waals surface area (Å²) in [7, 11) is 3.94. The molecule has 3 aromatic rings. The number of rotatable bonds is 11. The lowest BCUT2D eigenvalue weighted by molar-refractivity contribution is -0.144. The van der Waals surface area contributed by atoms with Gasteiger partial charge in [0.05, 0.1) is 6.54 Å². The number of nitrogens with zero attached hydrogens (tertiary/aromatic N) is 3. The Morgan fingerprint density at radius 2 is 1.86 bits per heavy atom. The van der Waals surface area contributed by atoms with Crippen LogP contribution in [0.2, 0.25) is 0 Å². The second-order valence-electron chi connectivity index (χ2n) is 9.43. The summed E-state index contributed by atoms with van der Waals surface area (Å²) in [5.74, 6) is -0.152. The van der Waals surface area contributed by atoms with Crippen molar-refractivity contribution in [1.29, 1.82) is 0 Å². The zero-order valence-corrected chi connectivity index (χ0v) is 20.9. The van der Waals surface area contributed by atoms with Crippen LogP contribution in [0.5, 0.6) is 5.75 Å². The maximum Gasteiger partial charge on any atom is 0.325 e. The van der Waals surface area contributed by atoms with Gasteiger partial charge in [-0.2, -0.15) is 0 Å². The normalized spacial score (nSPS) is 15.8. The topological polar surface area (TPSA) is 101 Å². The first kappa shape index (κ1) is 25.7. The number of ether oxygens (including phenoxy) is 1. The van der Waals surface area contributed by atoms with Gasteiger partial charge < -0.3 is 25.0 Å². The number of hydrogen-bond acceptors (Lipinski definition) is 6. The molecular weight excluding hydrogens is 458 g/mol. The summed E-state index contributed by atoms with van der Waals surface area (Å²) < 4.78 is 5.93. The van der Waals surface area contributed by atoms with Gasteiger partial charge >= 0.3 is 5.97 Å². The molecule has 1 aliphatic rings. The predicted octanol–water partition coefficient (Wildman–Crippen LogP) is 2.17. The van der Waals surface area contributed by atoms with Gasteiger partial charge in [-0.25, -0.2) is 0 Å². The minimum atomic E-state index is -0.879. The van der Waals surface area contributed by atoms with Crippen LogP contribution in [0.1, 0.15) is 17.2 Å². The number of nitrogens with one attached hydrogen (secondary N) is 2. The highest BCUT2D eigenvalue weighted by atomic mass is 16.5. The van der Waals surface area contributed by atoms with Crippen LogP contribution in [0.3, 0.4) is 0 Å². The molecule has 3 N–H and O–H groups in total. The van der Waals surface area contributed by atoms with E-state index in [1.165, 1.54) is 0 Å². The van der Waals surface area contributed by atoms with Crippen molar-refractivity contribution in [1.82, 2.24) is 25.0 Å². The number of carbonyl (C=O) groups is 2. The van der Waals surface area contributed by atoms with Crippen LogP contribution < -0.4 is 10.1 Å². The second-order valence-corrected chi connectivity index (χ2v) is 9.43. The number of likely N-dealkylation sites (N-methyl/N-ethyl adjacent to an activating group) is 1. The number of carboxylic acid groups (broad SMARTS) is 1. The van der Waals surface area contributed by atoms with Gasteiger partial charge in [0.15, 0.2) is 0 Å². The number of amides is 1. The molecule has 2 aromatic carbocycles. The lowest BCUT2D eigenvalue weighted by atomic mass is 10.0. The third-order valence-corrected chi connectivity index (χ3v) is 6.48. The Morgan fingerprint density at radius 3 is 2.56 bits per heavy atom. The number of carbonyl (C=O) groups excluding carboxylic acids is 1. The maximum absolute atomic E-state index is 12.3. The van der Waals surface area contributed by atoms with Crippen LogP contribution in [0.15, 0.2) is 54.7 Å². The molecule has 0 radical (unpaired) electrons. The number of aromatic nitrogens is 1. The molecule has 9 heteroatoms. The number of H-pyrrole nitrogens is 1. The summed E-state index contributed by atoms with van der Waals surface area (Å²) in [6, 6.07) is 14.9. The molecule has 192 valence electrons. The van der Waals surface area contributed by atoms with Gasteiger partial charge in [-0.05, 0) is 31.8 Å². The maximum atomic E-state index is 12.3. The van der Waals surface area contributed by atoms with Gasteiger partial charge in [-0.3, -0.25) is 19.4 Å². The Hall–Kier alpha value is -3.40. The van der Waals surface area contributed by atoms with E-state index in [-0.39, 0.29) is 5.91 Å². The first-order valence-corrected chi connectivity index (χ1v) is 12.3. The molecule has 1 atom stereocenters. The van der Waals surface area contributed by atoms with E-state index < -0.39 is 12.0 Å². The molecule has 0 aliphatic carbocycles. The zero-order chi connectivity index (χ0) is 25.5. The number of aromatic amines is 1. The summed E-state index contributed by atoms with van der Waals surface area (Å²) in [4.78, 5) is 33.9. The van der Waals surface area contributed by atoms with E-state index in [2.05, 4.69) is 15.2 Å². The van der Waals surface area contributed by atoms with E-state index in [0.29, 0.717) is 45.9 Å². The molecule has 0 bridgehead atoms. The summed E-state index contributed by atoms with van der Waals surface area (Å²) in [5.41, 5.74) is 2.66. The minimum absolute atomic E-state index is 0.00185. The third-order valence-electron chi connectivity index (χ3n) is 6.48. The van der Waals surface area contributed by atoms with Crippen LogP contribution in [-0.4, -0.2) is 96.6 Å². The summed E-state index contributed by atoms with van der Waals surface area (Å²) in [5, 5.41) is 13.9. The van der Waals surface area contributed by atoms with E-state index in [1.54, 1.807) is 6.20 Å². The fourth-order valence-electron chi connectivity index (χ4n) is 4.53. The van der Waals surface area contributed by atoms with Crippen LogP contribution in [0, 0.1) is 0 Å². The highest BCUT2D eigenvalue weighted by molar-refractivity contribution is 5.90. The zero-order valence-electron chi connectivity index (χ0n) is 20.9. The SMILES string of the molecule is CN(C)CCNC(=O)CN1CCN(C(C(=O)O)c2c[nH]c3cc(OCc4ccccc4)ccc23)CC1. The average molecular weight is 494 g/mol. The number of piperazine rings is 1. The molecule has 1 unspecified atom stereocenters. The largest absolute Gasteiger partial charge is 0.489 e. The summed E-state index contributed by atoms with van der Waals surface area (Å²) >= 11 is 0. The highest BCUT2D eigenvalue weighted by Crippen LogP contribution is 2.31. The van der Waals surface area contributed by atoms with Crippen molar-refractivity contribution in [2.24, 2.45) is 0 Å². The van der Waals surface area contributed by atoms with Gasteiger partial charge in [-0.15, -0.1) is 0 Å². The Kier molecular flexibility index (Phi) is 8.58. The van der Waals surface area contributed by atoms with Crippen molar-refractivity contribution < 1.29 is 19.4 Å². The van der Waals surface area contributed by atoms with E-state index in [1.807, 2.05) is 72.4 Å². The van der Waals surface area contributed by atoms with Crippen molar-refractivity contribution in [2.45, 2.75) is 12.6 Å². The van der Waals surface area contributed by atoms with E-state index in [9.17, 15) is 14.7 Å². The van der Waals surface area contributed by atoms with Crippen molar-refractivity contribution >= 4 is 22.8 Å². The molecule has 1 aliphatic heterocycles. The fraction of sp³-hybridized carbons (Fsp3) is 0.407. The Labute approximate surface area is 211 Å². The fourth-order valence-corrected chi connectivity index (χ4v) is 4.53. The predicted molar refractivity (Wildman–Crippen MR) is 139 cm³/mol. The smallest absolute Gasteiger partial charge is 0.325 e. The first-order valence-electron chi connectivity index (χ1n) is 12.3.